The van der Waals surface area contributed by atoms with Crippen LogP contribution in [0.25, 0.3) is 63.1 Å². The first-order chi connectivity index (χ1) is 20.4. The van der Waals surface area contributed by atoms with E-state index in [1.165, 1.54) is 11.1 Å². The van der Waals surface area contributed by atoms with Crippen LogP contribution in [0.2, 0.25) is 0 Å². The minimum absolute atomic E-state index is 0. The van der Waals surface area contributed by atoms with Gasteiger partial charge in [-0.05, 0) is 95.1 Å². The molecule has 2 aromatic heterocycles. The van der Waals surface area contributed by atoms with Gasteiger partial charge in [0, 0.05) is 19.5 Å². The molecule has 0 unspecified atom stereocenters. The molecule has 2 heterocycles. The molecule has 206 valence electrons. The minimum Gasteiger partial charge on any atom is -0.507 e. The predicted molar refractivity (Wildman–Crippen MR) is 178 cm³/mol. The standard InChI is InChI=1S/2C18H13NOS.Zn/c2*1-11-6-7-15-17(8-11)21-18(19-15)14-9-12-4-2-3-5-13(12)10-16(14)20;/h2*2-10,20H,1H3;. The van der Waals surface area contributed by atoms with Crippen molar-refractivity contribution in [1.29, 1.82) is 0 Å². The zero-order chi connectivity index (χ0) is 28.8. The molecule has 0 saturated carbocycles. The number of aromatic hydroxyl groups is 2. The van der Waals surface area contributed by atoms with Crippen molar-refractivity contribution in [2.45, 2.75) is 13.8 Å². The average molecular weight is 648 g/mol. The Morgan fingerprint density at radius 3 is 1.26 bits per heavy atom. The van der Waals surface area contributed by atoms with Crippen molar-refractivity contribution in [3.8, 4) is 32.6 Å². The summed E-state index contributed by atoms with van der Waals surface area (Å²) in [7, 11) is 0. The van der Waals surface area contributed by atoms with E-state index in [1.807, 2.05) is 72.8 Å². The summed E-state index contributed by atoms with van der Waals surface area (Å²) in [6.45, 7) is 4.15. The Kier molecular flexibility index (Phi) is 7.97. The number of thiazole rings is 2. The van der Waals surface area contributed by atoms with Crippen molar-refractivity contribution in [1.82, 2.24) is 9.97 Å². The molecule has 0 bridgehead atoms. The van der Waals surface area contributed by atoms with Crippen LogP contribution in [0, 0.1) is 13.8 Å². The number of hydrogen-bond acceptors (Lipinski definition) is 6. The maximum Gasteiger partial charge on any atom is 0.128 e. The van der Waals surface area contributed by atoms with Gasteiger partial charge < -0.3 is 10.2 Å². The fourth-order valence-electron chi connectivity index (χ4n) is 5.09. The molecule has 0 aliphatic carbocycles. The van der Waals surface area contributed by atoms with Gasteiger partial charge in [-0.15, -0.1) is 22.7 Å². The normalized spacial score (nSPS) is 11.0. The van der Waals surface area contributed by atoms with Gasteiger partial charge in [0.25, 0.3) is 0 Å². The first-order valence-corrected chi connectivity index (χ1v) is 15.2. The van der Waals surface area contributed by atoms with Gasteiger partial charge in [0.1, 0.15) is 21.5 Å². The van der Waals surface area contributed by atoms with Crippen molar-refractivity contribution >= 4 is 64.7 Å². The molecule has 0 aliphatic heterocycles. The fourth-order valence-corrected chi connectivity index (χ4v) is 7.27. The number of phenols is 2. The van der Waals surface area contributed by atoms with Gasteiger partial charge in [-0.2, -0.15) is 0 Å². The van der Waals surface area contributed by atoms with E-state index >= 15 is 0 Å². The Bertz CT molecular complexity index is 2110. The molecule has 0 radical (unpaired) electrons. The number of phenolic OH excluding ortho intramolecular Hbond substituents is 2. The number of aromatic nitrogens is 2. The molecule has 8 aromatic rings. The molecule has 43 heavy (non-hydrogen) atoms. The van der Waals surface area contributed by atoms with Crippen LogP contribution in [-0.4, -0.2) is 20.2 Å². The van der Waals surface area contributed by atoms with Gasteiger partial charge in [-0.3, -0.25) is 0 Å². The first kappa shape index (κ1) is 28.9. The number of aryl methyl sites for hydroxylation is 2. The molecule has 7 heteroatoms. The second-order valence-electron chi connectivity index (χ2n) is 10.4. The van der Waals surface area contributed by atoms with Crippen LogP contribution in [0.5, 0.6) is 11.5 Å². The summed E-state index contributed by atoms with van der Waals surface area (Å²) in [4.78, 5) is 9.30. The Morgan fingerprint density at radius 1 is 0.488 bits per heavy atom. The third-order valence-electron chi connectivity index (χ3n) is 7.28. The summed E-state index contributed by atoms with van der Waals surface area (Å²) in [5.74, 6) is 0.564. The SMILES string of the molecule is Cc1ccc2nc(-c3cc4ccccc4cc3O)sc2c1.Cc1ccc2nc(-c3cc4ccccc4cc3O)sc2c1.[Zn]. The van der Waals surface area contributed by atoms with Gasteiger partial charge in [0.05, 0.1) is 31.6 Å². The quantitative estimate of drug-likeness (QED) is 0.183. The van der Waals surface area contributed by atoms with Crippen LogP contribution in [0.3, 0.4) is 0 Å². The second-order valence-corrected chi connectivity index (χ2v) is 12.5. The zero-order valence-corrected chi connectivity index (χ0v) is 28.3. The molecule has 0 amide bonds. The molecule has 0 atom stereocenters. The van der Waals surface area contributed by atoms with Crippen molar-refractivity contribution in [3.05, 3.63) is 120 Å². The van der Waals surface area contributed by atoms with Crippen molar-refractivity contribution in [3.63, 3.8) is 0 Å². The zero-order valence-electron chi connectivity index (χ0n) is 23.7. The largest absolute Gasteiger partial charge is 0.507 e. The molecular weight excluding hydrogens is 622 g/mol. The predicted octanol–water partition coefficient (Wildman–Crippen LogP) is 10.3. The molecule has 0 saturated heterocycles. The molecule has 4 nitrogen and oxygen atoms in total. The average Bonchev–Trinajstić information content (AvgIpc) is 3.60. The van der Waals surface area contributed by atoms with Crippen LogP contribution in [0.4, 0.5) is 0 Å². The van der Waals surface area contributed by atoms with Gasteiger partial charge in [-0.1, -0.05) is 60.7 Å². The summed E-state index contributed by atoms with van der Waals surface area (Å²) in [5.41, 5.74) is 6.00. The Hall–Kier alpha value is -4.16. The van der Waals surface area contributed by atoms with E-state index < -0.39 is 0 Å². The van der Waals surface area contributed by atoms with E-state index in [2.05, 4.69) is 60.2 Å². The number of rotatable bonds is 2. The van der Waals surface area contributed by atoms with E-state index in [-0.39, 0.29) is 31.0 Å². The maximum absolute atomic E-state index is 10.3. The van der Waals surface area contributed by atoms with Gasteiger partial charge in [0.15, 0.2) is 0 Å². The van der Waals surface area contributed by atoms with Crippen LogP contribution in [-0.2, 0) is 19.5 Å². The van der Waals surface area contributed by atoms with E-state index in [9.17, 15) is 10.2 Å². The molecule has 0 spiro atoms. The fraction of sp³-hybridized carbons (Fsp3) is 0.0556. The molecule has 0 aliphatic rings. The number of hydrogen-bond donors (Lipinski definition) is 2. The second kappa shape index (κ2) is 11.8. The van der Waals surface area contributed by atoms with Gasteiger partial charge in [-0.25, -0.2) is 9.97 Å². The first-order valence-electron chi connectivity index (χ1n) is 13.6. The molecule has 8 rings (SSSR count). The van der Waals surface area contributed by atoms with Crippen LogP contribution in [0.15, 0.2) is 109 Å². The minimum atomic E-state index is 0. The molecule has 2 N–H and O–H groups in total. The number of benzene rings is 6. The third kappa shape index (κ3) is 5.76. The van der Waals surface area contributed by atoms with Crippen molar-refractivity contribution < 1.29 is 29.7 Å². The summed E-state index contributed by atoms with van der Waals surface area (Å²) in [6.07, 6.45) is 0. The van der Waals surface area contributed by atoms with E-state index in [1.54, 1.807) is 22.7 Å². The third-order valence-corrected chi connectivity index (χ3v) is 9.38. The van der Waals surface area contributed by atoms with Gasteiger partial charge in [0.2, 0.25) is 0 Å². The Labute approximate surface area is 269 Å². The van der Waals surface area contributed by atoms with Crippen molar-refractivity contribution in [2.75, 3.05) is 0 Å². The smallest absolute Gasteiger partial charge is 0.128 e. The van der Waals surface area contributed by atoms with Gasteiger partial charge >= 0.3 is 0 Å². The summed E-state index contributed by atoms with van der Waals surface area (Å²) in [5, 5.41) is 26.6. The van der Waals surface area contributed by atoms with E-state index in [4.69, 9.17) is 0 Å². The molecular formula is C36H26N2O2S2Zn. The number of fused-ring (bicyclic) bond motifs is 4. The molecule has 0 fully saturated rings. The maximum atomic E-state index is 10.3. The topological polar surface area (TPSA) is 66.2 Å². The molecule has 6 aromatic carbocycles. The van der Waals surface area contributed by atoms with E-state index in [0.29, 0.717) is 0 Å². The summed E-state index contributed by atoms with van der Waals surface area (Å²) in [6, 6.07) is 36.1. The van der Waals surface area contributed by atoms with Crippen LogP contribution < -0.4 is 0 Å². The monoisotopic (exact) mass is 646 g/mol. The summed E-state index contributed by atoms with van der Waals surface area (Å²) >= 11 is 3.23. The van der Waals surface area contributed by atoms with Crippen molar-refractivity contribution in [2.24, 2.45) is 0 Å². The van der Waals surface area contributed by atoms with Crippen LogP contribution >= 0.6 is 22.7 Å². The number of nitrogens with zero attached hydrogens (tertiary/aromatic N) is 2. The Balaban J connectivity index is 0.000000150. The summed E-state index contributed by atoms with van der Waals surface area (Å²) < 4.78 is 2.30. The van der Waals surface area contributed by atoms with Crippen LogP contribution in [0.1, 0.15) is 11.1 Å². The van der Waals surface area contributed by atoms with E-state index in [0.717, 1.165) is 63.1 Å². The Morgan fingerprint density at radius 2 is 0.860 bits per heavy atom.